The summed E-state index contributed by atoms with van der Waals surface area (Å²) >= 11 is 0. The van der Waals surface area contributed by atoms with Crippen molar-refractivity contribution < 1.29 is 4.74 Å². The molecule has 1 heterocycles. The van der Waals surface area contributed by atoms with Gasteiger partial charge in [-0.1, -0.05) is 0 Å². The first-order valence-corrected chi connectivity index (χ1v) is 3.22. The highest BCUT2D eigenvalue weighted by Gasteiger charge is 2.03. The van der Waals surface area contributed by atoms with Crippen LogP contribution >= 0.6 is 0 Å². The maximum absolute atomic E-state index is 5.34. The van der Waals surface area contributed by atoms with E-state index in [4.69, 9.17) is 4.74 Å². The topological polar surface area (TPSA) is 21.3 Å². The first kappa shape index (κ1) is 6.05. The molecule has 1 aliphatic rings. The summed E-state index contributed by atoms with van der Waals surface area (Å²) in [6.07, 6.45) is 1.57. The van der Waals surface area contributed by atoms with Crippen LogP contribution in [0.25, 0.3) is 0 Å². The van der Waals surface area contributed by atoms with E-state index in [0.717, 1.165) is 26.1 Å². The van der Waals surface area contributed by atoms with Crippen molar-refractivity contribution in [3.05, 3.63) is 0 Å². The van der Waals surface area contributed by atoms with Gasteiger partial charge in [0, 0.05) is 13.2 Å². The Morgan fingerprint density at radius 1 is 1.62 bits per heavy atom. The molecule has 0 unspecified atom stereocenters. The molecule has 1 fully saturated rings. The second kappa shape index (κ2) is 3.05. The van der Waals surface area contributed by atoms with E-state index in [-0.39, 0.29) is 0 Å². The van der Waals surface area contributed by atoms with Crippen LogP contribution in [0.4, 0.5) is 0 Å². The van der Waals surface area contributed by atoms with Crippen molar-refractivity contribution in [2.45, 2.75) is 19.4 Å². The average molecular weight is 115 g/mol. The number of ether oxygens (including phenoxy) is 1. The fourth-order valence-electron chi connectivity index (χ4n) is 0.846. The monoisotopic (exact) mass is 115 g/mol. The van der Waals surface area contributed by atoms with Gasteiger partial charge in [0.25, 0.3) is 0 Å². The van der Waals surface area contributed by atoms with Gasteiger partial charge in [-0.2, -0.15) is 0 Å². The summed E-state index contributed by atoms with van der Waals surface area (Å²) in [5, 5.41) is 3.27. The van der Waals surface area contributed by atoms with E-state index in [1.807, 2.05) is 0 Å². The highest BCUT2D eigenvalue weighted by molar-refractivity contribution is 4.59. The second-order valence-electron chi connectivity index (χ2n) is 2.24. The number of rotatable bonds is 0. The third-order valence-corrected chi connectivity index (χ3v) is 1.33. The summed E-state index contributed by atoms with van der Waals surface area (Å²) in [5.41, 5.74) is 0. The van der Waals surface area contributed by atoms with Crippen molar-refractivity contribution in [1.29, 1.82) is 0 Å². The zero-order valence-electron chi connectivity index (χ0n) is 5.31. The number of hydrogen-bond acceptors (Lipinski definition) is 2. The molecule has 0 aromatic carbocycles. The molecule has 0 radical (unpaired) electrons. The van der Waals surface area contributed by atoms with Gasteiger partial charge in [0.05, 0.1) is 6.10 Å². The lowest BCUT2D eigenvalue weighted by atomic mass is 10.4. The molecule has 0 saturated carbocycles. The quantitative estimate of drug-likeness (QED) is 0.493. The molecule has 8 heavy (non-hydrogen) atoms. The van der Waals surface area contributed by atoms with E-state index >= 15 is 0 Å². The van der Waals surface area contributed by atoms with Crippen LogP contribution in [0, 0.1) is 0 Å². The maximum Gasteiger partial charge on any atom is 0.0671 e. The first-order chi connectivity index (χ1) is 3.89. The van der Waals surface area contributed by atoms with Gasteiger partial charge in [-0.25, -0.2) is 0 Å². The molecule has 2 heteroatoms. The lowest BCUT2D eigenvalue weighted by Crippen LogP contribution is -2.22. The van der Waals surface area contributed by atoms with E-state index in [2.05, 4.69) is 12.2 Å². The molecule has 0 aromatic rings. The minimum Gasteiger partial charge on any atom is -0.377 e. The smallest absolute Gasteiger partial charge is 0.0671 e. The first-order valence-electron chi connectivity index (χ1n) is 3.22. The van der Waals surface area contributed by atoms with Gasteiger partial charge in [-0.05, 0) is 19.9 Å². The van der Waals surface area contributed by atoms with E-state index in [1.54, 1.807) is 0 Å². The summed E-state index contributed by atoms with van der Waals surface area (Å²) in [4.78, 5) is 0. The van der Waals surface area contributed by atoms with Crippen molar-refractivity contribution in [3.8, 4) is 0 Å². The van der Waals surface area contributed by atoms with Crippen LogP contribution in [0.1, 0.15) is 13.3 Å². The SMILES string of the molecule is C[C@@H]1CNCCCO1. The molecule has 2 nitrogen and oxygen atoms in total. The number of nitrogens with one attached hydrogen (secondary N) is 1. The Balaban J connectivity index is 2.17. The average Bonchev–Trinajstić information content (AvgIpc) is 1.94. The molecule has 0 bridgehead atoms. The number of hydrogen-bond donors (Lipinski definition) is 1. The van der Waals surface area contributed by atoms with Crippen LogP contribution < -0.4 is 5.32 Å². The summed E-state index contributed by atoms with van der Waals surface area (Å²) in [7, 11) is 0. The normalized spacial score (nSPS) is 31.9. The molecule has 0 spiro atoms. The fourth-order valence-corrected chi connectivity index (χ4v) is 0.846. The van der Waals surface area contributed by atoms with Gasteiger partial charge in [0.2, 0.25) is 0 Å². The molecule has 48 valence electrons. The molecule has 1 aliphatic heterocycles. The third kappa shape index (κ3) is 1.80. The summed E-state index contributed by atoms with van der Waals surface area (Å²) < 4.78 is 5.34. The molecule has 1 saturated heterocycles. The van der Waals surface area contributed by atoms with Crippen LogP contribution in [0.3, 0.4) is 0 Å². The standard InChI is InChI=1S/C6H13NO/c1-6-5-7-3-2-4-8-6/h6-7H,2-5H2,1H3/t6-/m1/s1. The van der Waals surface area contributed by atoms with E-state index in [0.29, 0.717) is 6.10 Å². The molecule has 1 rings (SSSR count). The highest BCUT2D eigenvalue weighted by atomic mass is 16.5. The van der Waals surface area contributed by atoms with Gasteiger partial charge < -0.3 is 10.1 Å². The zero-order valence-corrected chi connectivity index (χ0v) is 5.31. The van der Waals surface area contributed by atoms with Gasteiger partial charge in [-0.3, -0.25) is 0 Å². The Labute approximate surface area is 50.2 Å². The maximum atomic E-state index is 5.34. The van der Waals surface area contributed by atoms with Crippen molar-refractivity contribution in [2.75, 3.05) is 19.7 Å². The van der Waals surface area contributed by atoms with Crippen molar-refractivity contribution in [1.82, 2.24) is 5.32 Å². The lowest BCUT2D eigenvalue weighted by molar-refractivity contribution is 0.0804. The van der Waals surface area contributed by atoms with Crippen LogP contribution in [-0.4, -0.2) is 25.8 Å². The van der Waals surface area contributed by atoms with Gasteiger partial charge in [-0.15, -0.1) is 0 Å². The zero-order chi connectivity index (χ0) is 5.82. The Morgan fingerprint density at radius 2 is 2.50 bits per heavy atom. The van der Waals surface area contributed by atoms with Crippen molar-refractivity contribution >= 4 is 0 Å². The minimum atomic E-state index is 0.414. The molecule has 0 aromatic heterocycles. The minimum absolute atomic E-state index is 0.414. The predicted octanol–water partition coefficient (Wildman–Crippen LogP) is 0.385. The Kier molecular flexibility index (Phi) is 2.30. The predicted molar refractivity (Wildman–Crippen MR) is 32.9 cm³/mol. The Hall–Kier alpha value is -0.0800. The summed E-state index contributed by atoms with van der Waals surface area (Å²) in [5.74, 6) is 0. The van der Waals surface area contributed by atoms with E-state index < -0.39 is 0 Å². The molecular weight excluding hydrogens is 102 g/mol. The van der Waals surface area contributed by atoms with Gasteiger partial charge >= 0.3 is 0 Å². The summed E-state index contributed by atoms with van der Waals surface area (Å²) in [6, 6.07) is 0. The van der Waals surface area contributed by atoms with Crippen LogP contribution in [0.2, 0.25) is 0 Å². The van der Waals surface area contributed by atoms with E-state index in [1.165, 1.54) is 0 Å². The molecular formula is C6H13NO. The molecule has 0 aliphatic carbocycles. The third-order valence-electron chi connectivity index (χ3n) is 1.33. The van der Waals surface area contributed by atoms with Crippen LogP contribution in [-0.2, 0) is 4.74 Å². The Bertz CT molecular complexity index is 57.5. The second-order valence-corrected chi connectivity index (χ2v) is 2.24. The lowest BCUT2D eigenvalue weighted by Gasteiger charge is -2.05. The Morgan fingerprint density at radius 3 is 3.38 bits per heavy atom. The van der Waals surface area contributed by atoms with Gasteiger partial charge in [0.15, 0.2) is 0 Å². The molecule has 1 N–H and O–H groups in total. The van der Waals surface area contributed by atoms with Crippen molar-refractivity contribution in [2.24, 2.45) is 0 Å². The largest absolute Gasteiger partial charge is 0.377 e. The molecule has 0 amide bonds. The van der Waals surface area contributed by atoms with Gasteiger partial charge in [0.1, 0.15) is 0 Å². The van der Waals surface area contributed by atoms with Crippen molar-refractivity contribution in [3.63, 3.8) is 0 Å². The fraction of sp³-hybridized carbons (Fsp3) is 1.00. The highest BCUT2D eigenvalue weighted by Crippen LogP contribution is 1.94. The molecule has 1 atom stereocenters. The van der Waals surface area contributed by atoms with Crippen LogP contribution in [0.15, 0.2) is 0 Å². The van der Waals surface area contributed by atoms with E-state index in [9.17, 15) is 0 Å². The summed E-state index contributed by atoms with van der Waals surface area (Å²) in [6.45, 7) is 5.15. The van der Waals surface area contributed by atoms with Crippen LogP contribution in [0.5, 0.6) is 0 Å².